The first kappa shape index (κ1) is 14.5. The highest BCUT2D eigenvalue weighted by Crippen LogP contribution is 2.48. The van der Waals surface area contributed by atoms with Gasteiger partial charge in [-0.15, -0.1) is 0 Å². The lowest BCUT2D eigenvalue weighted by Gasteiger charge is -2.22. The van der Waals surface area contributed by atoms with Crippen LogP contribution in [-0.4, -0.2) is 23.0 Å². The van der Waals surface area contributed by atoms with Gasteiger partial charge in [-0.05, 0) is 44.4 Å². The van der Waals surface area contributed by atoms with Gasteiger partial charge in [-0.1, -0.05) is 12.1 Å². The summed E-state index contributed by atoms with van der Waals surface area (Å²) in [5.74, 6) is -2.10. The van der Waals surface area contributed by atoms with Crippen LogP contribution in [0.1, 0.15) is 32.3 Å². The van der Waals surface area contributed by atoms with Gasteiger partial charge in [0.2, 0.25) is 5.91 Å². The van der Waals surface area contributed by atoms with Crippen molar-refractivity contribution in [3.05, 3.63) is 35.6 Å². The van der Waals surface area contributed by atoms with E-state index in [1.165, 1.54) is 12.1 Å². The molecule has 0 heterocycles. The number of carbonyl (C=O) groups excluding carboxylic acids is 1. The van der Waals surface area contributed by atoms with Gasteiger partial charge in [0.1, 0.15) is 5.82 Å². The van der Waals surface area contributed by atoms with Crippen molar-refractivity contribution >= 4 is 11.9 Å². The molecule has 0 spiro atoms. The molecule has 1 saturated carbocycles. The maximum Gasteiger partial charge on any atom is 0.308 e. The summed E-state index contributed by atoms with van der Waals surface area (Å²) in [6.07, 6.45) is 1.41. The Hall–Kier alpha value is -1.91. The van der Waals surface area contributed by atoms with E-state index in [2.05, 4.69) is 5.32 Å². The largest absolute Gasteiger partial charge is 0.481 e. The summed E-state index contributed by atoms with van der Waals surface area (Å²) < 4.78 is 12.9. The van der Waals surface area contributed by atoms with Crippen LogP contribution in [0.5, 0.6) is 0 Å². The second-order valence-corrected chi connectivity index (χ2v) is 5.48. The quantitative estimate of drug-likeness (QED) is 0.867. The normalized spacial score (nSPS) is 18.9. The van der Waals surface area contributed by atoms with E-state index in [1.54, 1.807) is 26.0 Å². The Morgan fingerprint density at radius 1 is 1.25 bits per heavy atom. The number of rotatable bonds is 5. The zero-order valence-electron chi connectivity index (χ0n) is 11.5. The highest BCUT2D eigenvalue weighted by atomic mass is 19.1. The lowest BCUT2D eigenvalue weighted by atomic mass is 9.93. The molecule has 108 valence electrons. The first-order valence-corrected chi connectivity index (χ1v) is 6.66. The molecule has 5 heteroatoms. The zero-order chi connectivity index (χ0) is 14.9. The molecule has 1 aromatic rings. The zero-order valence-corrected chi connectivity index (χ0v) is 11.5. The lowest BCUT2D eigenvalue weighted by molar-refractivity contribution is -0.142. The minimum Gasteiger partial charge on any atom is -0.481 e. The summed E-state index contributed by atoms with van der Waals surface area (Å²) in [5, 5.41) is 11.7. The number of hydrogen-bond donors (Lipinski definition) is 2. The van der Waals surface area contributed by atoms with Gasteiger partial charge in [-0.25, -0.2) is 4.39 Å². The number of carbonyl (C=O) groups is 2. The van der Waals surface area contributed by atoms with Crippen molar-refractivity contribution in [1.82, 2.24) is 5.32 Å². The minimum atomic E-state index is -0.940. The van der Waals surface area contributed by atoms with Crippen molar-refractivity contribution < 1.29 is 19.1 Å². The minimum absolute atomic E-state index is 0.176. The van der Waals surface area contributed by atoms with E-state index in [1.807, 2.05) is 0 Å². The summed E-state index contributed by atoms with van der Waals surface area (Å²) in [5.41, 5.74) is 0.173. The van der Waals surface area contributed by atoms with Crippen LogP contribution in [0.2, 0.25) is 0 Å². The molecule has 1 aliphatic carbocycles. The van der Waals surface area contributed by atoms with E-state index in [4.69, 9.17) is 5.11 Å². The Balaban J connectivity index is 2.09. The van der Waals surface area contributed by atoms with Gasteiger partial charge in [0.25, 0.3) is 0 Å². The standard InChI is InChI=1S/C15H18FNO3/c1-9(13(18)19)10(2)17-14(20)15(7-8-15)11-3-5-12(16)6-4-11/h3-6,9-10H,7-8H2,1-2H3,(H,17,20)(H,18,19). The molecule has 0 radical (unpaired) electrons. The third-order valence-electron chi connectivity index (χ3n) is 4.08. The van der Waals surface area contributed by atoms with E-state index in [-0.39, 0.29) is 11.7 Å². The van der Waals surface area contributed by atoms with E-state index in [9.17, 15) is 14.0 Å². The van der Waals surface area contributed by atoms with Crippen molar-refractivity contribution in [2.24, 2.45) is 5.92 Å². The maximum absolute atomic E-state index is 12.9. The molecule has 2 N–H and O–H groups in total. The van der Waals surface area contributed by atoms with Crippen molar-refractivity contribution in [3.8, 4) is 0 Å². The Kier molecular flexibility index (Phi) is 3.79. The summed E-state index contributed by atoms with van der Waals surface area (Å²) in [6, 6.07) is 5.47. The van der Waals surface area contributed by atoms with Crippen LogP contribution in [0.15, 0.2) is 24.3 Å². The summed E-state index contributed by atoms with van der Waals surface area (Å²) >= 11 is 0. The molecular weight excluding hydrogens is 261 g/mol. The second-order valence-electron chi connectivity index (χ2n) is 5.48. The molecule has 1 aliphatic rings. The molecule has 0 aromatic heterocycles. The van der Waals surface area contributed by atoms with Crippen LogP contribution >= 0.6 is 0 Å². The SMILES string of the molecule is CC(NC(=O)C1(c2ccc(F)cc2)CC1)C(C)C(=O)O. The fourth-order valence-corrected chi connectivity index (χ4v) is 2.22. The highest BCUT2D eigenvalue weighted by molar-refractivity contribution is 5.91. The summed E-state index contributed by atoms with van der Waals surface area (Å²) in [4.78, 5) is 23.3. The lowest BCUT2D eigenvalue weighted by Crippen LogP contribution is -2.44. The average molecular weight is 279 g/mol. The number of amides is 1. The number of aliphatic carboxylic acids is 1. The highest BCUT2D eigenvalue weighted by Gasteiger charge is 2.51. The van der Waals surface area contributed by atoms with Crippen molar-refractivity contribution in [2.45, 2.75) is 38.1 Å². The van der Waals surface area contributed by atoms with Crippen LogP contribution in [0.25, 0.3) is 0 Å². The first-order chi connectivity index (χ1) is 9.36. The Bertz CT molecular complexity index is 522. The van der Waals surface area contributed by atoms with Gasteiger partial charge in [0.15, 0.2) is 0 Å². The van der Waals surface area contributed by atoms with Crippen molar-refractivity contribution in [3.63, 3.8) is 0 Å². The van der Waals surface area contributed by atoms with Crippen LogP contribution in [-0.2, 0) is 15.0 Å². The third-order valence-corrected chi connectivity index (χ3v) is 4.08. The van der Waals surface area contributed by atoms with Gasteiger partial charge in [0, 0.05) is 6.04 Å². The van der Waals surface area contributed by atoms with Crippen LogP contribution < -0.4 is 5.32 Å². The molecule has 0 saturated heterocycles. The van der Waals surface area contributed by atoms with E-state index in [0.717, 1.165) is 5.56 Å². The monoisotopic (exact) mass is 279 g/mol. The predicted molar refractivity (Wildman–Crippen MR) is 71.7 cm³/mol. The van der Waals surface area contributed by atoms with Crippen molar-refractivity contribution in [1.29, 1.82) is 0 Å². The maximum atomic E-state index is 12.9. The molecule has 4 nitrogen and oxygen atoms in total. The average Bonchev–Trinajstić information content (AvgIpc) is 3.20. The van der Waals surface area contributed by atoms with Gasteiger partial charge in [0.05, 0.1) is 11.3 Å². The molecule has 1 fully saturated rings. The Morgan fingerprint density at radius 3 is 2.25 bits per heavy atom. The van der Waals surface area contributed by atoms with Crippen molar-refractivity contribution in [2.75, 3.05) is 0 Å². The number of benzene rings is 1. The Labute approximate surface area is 117 Å². The number of nitrogens with one attached hydrogen (secondary N) is 1. The van der Waals surface area contributed by atoms with E-state index < -0.39 is 23.3 Å². The second kappa shape index (κ2) is 5.23. The molecule has 2 rings (SSSR count). The smallest absolute Gasteiger partial charge is 0.308 e. The van der Waals surface area contributed by atoms with Crippen LogP contribution in [0.3, 0.4) is 0 Å². The van der Waals surface area contributed by atoms with Gasteiger partial charge in [-0.3, -0.25) is 9.59 Å². The molecule has 0 bridgehead atoms. The van der Waals surface area contributed by atoms with Gasteiger partial charge >= 0.3 is 5.97 Å². The fourth-order valence-electron chi connectivity index (χ4n) is 2.22. The molecular formula is C15H18FNO3. The fraction of sp³-hybridized carbons (Fsp3) is 0.467. The third kappa shape index (κ3) is 2.66. The van der Waals surface area contributed by atoms with E-state index >= 15 is 0 Å². The molecule has 0 aliphatic heterocycles. The molecule has 2 atom stereocenters. The molecule has 1 amide bonds. The molecule has 1 aromatic carbocycles. The van der Waals surface area contributed by atoms with E-state index in [0.29, 0.717) is 12.8 Å². The summed E-state index contributed by atoms with van der Waals surface area (Å²) in [6.45, 7) is 3.24. The first-order valence-electron chi connectivity index (χ1n) is 6.66. The number of halogens is 1. The van der Waals surface area contributed by atoms with Crippen LogP contribution in [0, 0.1) is 11.7 Å². The van der Waals surface area contributed by atoms with Gasteiger partial charge in [-0.2, -0.15) is 0 Å². The van der Waals surface area contributed by atoms with Crippen LogP contribution in [0.4, 0.5) is 4.39 Å². The summed E-state index contributed by atoms with van der Waals surface area (Å²) in [7, 11) is 0. The number of hydrogen-bond acceptors (Lipinski definition) is 2. The molecule has 20 heavy (non-hydrogen) atoms. The number of carboxylic acid groups (broad SMARTS) is 1. The number of carboxylic acids is 1. The Morgan fingerprint density at radius 2 is 1.80 bits per heavy atom. The van der Waals surface area contributed by atoms with Gasteiger partial charge < -0.3 is 10.4 Å². The predicted octanol–water partition coefficient (Wildman–Crippen LogP) is 2.08. The molecule has 2 unspecified atom stereocenters. The topological polar surface area (TPSA) is 66.4 Å².